The van der Waals surface area contributed by atoms with Crippen molar-refractivity contribution in [3.8, 4) is 0 Å². The van der Waals surface area contributed by atoms with Crippen molar-refractivity contribution in [2.24, 2.45) is 4.99 Å². The number of nitrogens with zero attached hydrogens (tertiary/aromatic N) is 1. The van der Waals surface area contributed by atoms with Gasteiger partial charge in [0.1, 0.15) is 0 Å². The Hall–Kier alpha value is -0.391. The van der Waals surface area contributed by atoms with E-state index >= 15 is 0 Å². The Kier molecular flexibility index (Phi) is 2.85. The Morgan fingerprint density at radius 3 is 2.70 bits per heavy atom. The fraction of sp³-hybridized carbons (Fsp3) is 0. The van der Waals surface area contributed by atoms with E-state index in [9.17, 15) is 0 Å². The summed E-state index contributed by atoms with van der Waals surface area (Å²) in [4.78, 5) is 3.87. The van der Waals surface area contributed by atoms with E-state index in [-0.39, 0.29) is 0 Å². The molecule has 1 nitrogen and oxygen atoms in total. The summed E-state index contributed by atoms with van der Waals surface area (Å²) in [6, 6.07) is 7.35. The van der Waals surface area contributed by atoms with Gasteiger partial charge in [-0.3, -0.25) is 0 Å². The predicted octanol–water partition coefficient (Wildman–Crippen LogP) is 2.05. The molecular formula is C7H4ClNSe. The van der Waals surface area contributed by atoms with Gasteiger partial charge in [-0.05, 0) is 0 Å². The Morgan fingerprint density at radius 1 is 1.40 bits per heavy atom. The number of halogens is 1. The molecule has 10 heavy (non-hydrogen) atoms. The zero-order chi connectivity index (χ0) is 7.40. The van der Waals surface area contributed by atoms with Crippen LogP contribution < -0.4 is 0 Å². The Balaban J connectivity index is 3.14. The molecule has 0 spiro atoms. The topological polar surface area (TPSA) is 12.4 Å². The maximum absolute atomic E-state index is 5.76. The Bertz CT molecular complexity index is 279. The molecule has 0 amide bonds. The van der Waals surface area contributed by atoms with Gasteiger partial charge in [-0.1, -0.05) is 0 Å². The minimum atomic E-state index is 0.644. The Labute approximate surface area is 72.1 Å². The average Bonchev–Trinajstić information content (AvgIpc) is 1.94. The van der Waals surface area contributed by atoms with Gasteiger partial charge in [0.15, 0.2) is 0 Å². The van der Waals surface area contributed by atoms with E-state index in [0.29, 0.717) is 5.02 Å². The first-order chi connectivity index (χ1) is 4.84. The van der Waals surface area contributed by atoms with Crippen LogP contribution in [0.15, 0.2) is 29.3 Å². The monoisotopic (exact) mass is 217 g/mol. The van der Waals surface area contributed by atoms with Gasteiger partial charge in [0.25, 0.3) is 0 Å². The summed E-state index contributed by atoms with van der Waals surface area (Å²) in [5, 5.41) is 0.644. The van der Waals surface area contributed by atoms with Gasteiger partial charge >= 0.3 is 71.9 Å². The van der Waals surface area contributed by atoms with Gasteiger partial charge in [0.05, 0.1) is 0 Å². The first-order valence-electron chi connectivity index (χ1n) is 2.67. The minimum absolute atomic E-state index is 0.644. The molecule has 1 aromatic rings. The molecule has 50 valence electrons. The van der Waals surface area contributed by atoms with Crippen LogP contribution in [0.25, 0.3) is 0 Å². The molecule has 0 unspecified atom stereocenters. The molecule has 1 rings (SSSR count). The second kappa shape index (κ2) is 3.70. The molecule has 1 aromatic carbocycles. The maximum atomic E-state index is 5.76. The number of aliphatic imine (C=N–C) groups is 1. The number of hydrogen-bond acceptors (Lipinski definition) is 1. The zero-order valence-electron chi connectivity index (χ0n) is 5.04. The molecule has 0 aliphatic heterocycles. The zero-order valence-corrected chi connectivity index (χ0v) is 7.51. The van der Waals surface area contributed by atoms with Crippen molar-refractivity contribution in [2.75, 3.05) is 0 Å². The van der Waals surface area contributed by atoms with Gasteiger partial charge in [-0.25, -0.2) is 0 Å². The van der Waals surface area contributed by atoms with Gasteiger partial charge in [0.2, 0.25) is 0 Å². The van der Waals surface area contributed by atoms with Crippen molar-refractivity contribution in [3.63, 3.8) is 0 Å². The summed E-state index contributed by atoms with van der Waals surface area (Å²) in [5.41, 5.74) is 0.739. The summed E-state index contributed by atoms with van der Waals surface area (Å²) >= 11 is 8.30. The van der Waals surface area contributed by atoms with Gasteiger partial charge in [-0.15, -0.1) is 0 Å². The molecular weight excluding hydrogens is 212 g/mol. The number of hydrogen-bond donors (Lipinski definition) is 0. The third-order valence-corrected chi connectivity index (χ3v) is 1.53. The number of para-hydroxylation sites is 1. The van der Waals surface area contributed by atoms with E-state index < -0.39 is 0 Å². The average molecular weight is 217 g/mol. The second-order valence-electron chi connectivity index (χ2n) is 1.65. The molecule has 3 heteroatoms. The van der Waals surface area contributed by atoms with E-state index in [2.05, 4.69) is 25.3 Å². The fourth-order valence-electron chi connectivity index (χ4n) is 0.592. The van der Waals surface area contributed by atoms with Crippen molar-refractivity contribution in [1.29, 1.82) is 0 Å². The van der Waals surface area contributed by atoms with Crippen LogP contribution in [0, 0.1) is 0 Å². The van der Waals surface area contributed by atoms with Crippen LogP contribution in [0.1, 0.15) is 0 Å². The van der Waals surface area contributed by atoms with Crippen LogP contribution in [-0.4, -0.2) is 20.3 Å². The van der Waals surface area contributed by atoms with Crippen LogP contribution in [0.3, 0.4) is 0 Å². The summed E-state index contributed by atoms with van der Waals surface area (Å²) < 4.78 is 2.54. The predicted molar refractivity (Wildman–Crippen MR) is 44.3 cm³/mol. The second-order valence-corrected chi connectivity index (χ2v) is 2.44. The van der Waals surface area contributed by atoms with E-state index in [1.807, 2.05) is 18.2 Å². The molecule has 0 aromatic heterocycles. The van der Waals surface area contributed by atoms with Crippen LogP contribution in [0.4, 0.5) is 5.69 Å². The van der Waals surface area contributed by atoms with Crippen LogP contribution in [0.5, 0.6) is 0 Å². The third-order valence-electron chi connectivity index (χ3n) is 1.02. The molecule has 0 N–H and O–H groups in total. The van der Waals surface area contributed by atoms with E-state index in [1.165, 1.54) is 0 Å². The third kappa shape index (κ3) is 1.79. The molecule has 0 aliphatic rings. The first-order valence-corrected chi connectivity index (χ1v) is 3.90. The van der Waals surface area contributed by atoms with Crippen molar-refractivity contribution >= 4 is 37.6 Å². The normalized spacial score (nSPS) is 8.50. The standard InChI is InChI=1S/C7H4ClNSe/c8-6-3-1-2-4-7(6)9-5-10/h1-4H. The quantitative estimate of drug-likeness (QED) is 0.503. The summed E-state index contributed by atoms with van der Waals surface area (Å²) in [7, 11) is 0. The van der Waals surface area contributed by atoms with E-state index in [0.717, 1.165) is 5.69 Å². The molecule has 0 saturated carbocycles. The van der Waals surface area contributed by atoms with Gasteiger partial charge in [-0.2, -0.15) is 0 Å². The van der Waals surface area contributed by atoms with Crippen molar-refractivity contribution in [2.45, 2.75) is 0 Å². The summed E-state index contributed by atoms with van der Waals surface area (Å²) in [5.74, 6) is 0. The van der Waals surface area contributed by atoms with Crippen molar-refractivity contribution < 1.29 is 0 Å². The SMILES string of the molecule is Clc1ccccc1N=C=[Se]. The Morgan fingerprint density at radius 2 is 2.10 bits per heavy atom. The van der Waals surface area contributed by atoms with Crippen LogP contribution >= 0.6 is 11.6 Å². The van der Waals surface area contributed by atoms with Crippen molar-refractivity contribution in [3.05, 3.63) is 29.3 Å². The molecule has 0 saturated heterocycles. The van der Waals surface area contributed by atoms with E-state index in [4.69, 9.17) is 11.6 Å². The molecule has 0 radical (unpaired) electrons. The summed E-state index contributed by atoms with van der Waals surface area (Å²) in [6.07, 6.45) is 0. The molecule has 0 aliphatic carbocycles. The molecule has 0 heterocycles. The summed E-state index contributed by atoms with van der Waals surface area (Å²) in [6.45, 7) is 0. The fourth-order valence-corrected chi connectivity index (χ4v) is 0.976. The number of benzene rings is 1. The molecule has 0 bridgehead atoms. The van der Waals surface area contributed by atoms with Gasteiger partial charge in [0, 0.05) is 0 Å². The molecule has 0 atom stereocenters. The van der Waals surface area contributed by atoms with Crippen molar-refractivity contribution in [1.82, 2.24) is 0 Å². The molecule has 0 fully saturated rings. The van der Waals surface area contributed by atoms with Crippen LogP contribution in [0.2, 0.25) is 5.02 Å². The van der Waals surface area contributed by atoms with Crippen LogP contribution in [-0.2, 0) is 0 Å². The van der Waals surface area contributed by atoms with Gasteiger partial charge < -0.3 is 0 Å². The first kappa shape index (κ1) is 7.71. The van der Waals surface area contributed by atoms with E-state index in [1.54, 1.807) is 6.07 Å². The number of rotatable bonds is 1.